The van der Waals surface area contributed by atoms with Gasteiger partial charge in [-0.15, -0.1) is 0 Å². The van der Waals surface area contributed by atoms with Gasteiger partial charge in [0, 0.05) is 30.7 Å². The maximum atomic E-state index is 12.6. The van der Waals surface area contributed by atoms with E-state index < -0.39 is 0 Å². The third-order valence-corrected chi connectivity index (χ3v) is 3.82. The normalized spacial score (nSPS) is 18.8. The zero-order valence-electron chi connectivity index (χ0n) is 11.7. The van der Waals surface area contributed by atoms with Gasteiger partial charge in [0.1, 0.15) is 5.76 Å². The minimum atomic E-state index is -0.113. The number of aryl methyl sites for hydroxylation is 1. The van der Waals surface area contributed by atoms with Gasteiger partial charge in [-0.05, 0) is 24.6 Å². The van der Waals surface area contributed by atoms with E-state index in [1.165, 1.54) is 0 Å². The molecule has 1 saturated heterocycles. The van der Waals surface area contributed by atoms with Crippen LogP contribution in [0, 0.1) is 6.92 Å². The Balaban J connectivity index is 1.89. The topological polar surface area (TPSA) is 58.4 Å². The number of aromatic nitrogens is 1. The Kier molecular flexibility index (Phi) is 3.94. The molecule has 1 atom stereocenters. The second kappa shape index (κ2) is 5.87. The van der Waals surface area contributed by atoms with E-state index in [0.717, 1.165) is 12.1 Å². The van der Waals surface area contributed by atoms with Crippen molar-refractivity contribution in [2.75, 3.05) is 19.6 Å². The fraction of sp³-hybridized carbons (Fsp3) is 0.333. The van der Waals surface area contributed by atoms with E-state index in [1.54, 1.807) is 13.0 Å². The number of hydrogen-bond donors (Lipinski definition) is 1. The molecule has 0 spiro atoms. The molecule has 2 aromatic rings. The monoisotopic (exact) mass is 305 g/mol. The summed E-state index contributed by atoms with van der Waals surface area (Å²) in [4.78, 5) is 14.4. The van der Waals surface area contributed by atoms with Crippen molar-refractivity contribution in [3.05, 3.63) is 52.4 Å². The lowest BCUT2D eigenvalue weighted by atomic mass is 10.0. The molecule has 110 valence electrons. The lowest BCUT2D eigenvalue weighted by Crippen LogP contribution is -2.48. The number of piperazine rings is 1. The fourth-order valence-corrected chi connectivity index (χ4v) is 2.77. The van der Waals surface area contributed by atoms with E-state index in [0.29, 0.717) is 29.6 Å². The van der Waals surface area contributed by atoms with Crippen LogP contribution in [-0.2, 0) is 0 Å². The first-order valence-electron chi connectivity index (χ1n) is 6.85. The lowest BCUT2D eigenvalue weighted by Gasteiger charge is -2.36. The first-order valence-corrected chi connectivity index (χ1v) is 7.23. The summed E-state index contributed by atoms with van der Waals surface area (Å²) < 4.78 is 5.00. The van der Waals surface area contributed by atoms with E-state index in [1.807, 2.05) is 29.2 Å². The SMILES string of the molecule is Cc1cc(C(=O)N2CCNCC2c2cccc(Cl)c2)no1. The summed E-state index contributed by atoms with van der Waals surface area (Å²) in [6.45, 7) is 3.86. The molecule has 1 unspecified atom stereocenters. The Hall–Kier alpha value is -1.85. The van der Waals surface area contributed by atoms with E-state index in [9.17, 15) is 4.79 Å². The molecule has 1 fully saturated rings. The largest absolute Gasteiger partial charge is 0.361 e. The average molecular weight is 306 g/mol. The Morgan fingerprint density at radius 1 is 1.48 bits per heavy atom. The number of benzene rings is 1. The number of halogens is 1. The van der Waals surface area contributed by atoms with Crippen LogP contribution in [0.25, 0.3) is 0 Å². The number of nitrogens with zero attached hydrogens (tertiary/aromatic N) is 2. The van der Waals surface area contributed by atoms with Gasteiger partial charge in [-0.25, -0.2) is 0 Å². The summed E-state index contributed by atoms with van der Waals surface area (Å²) in [7, 11) is 0. The summed E-state index contributed by atoms with van der Waals surface area (Å²) in [5.41, 5.74) is 1.37. The highest BCUT2D eigenvalue weighted by atomic mass is 35.5. The van der Waals surface area contributed by atoms with E-state index in [4.69, 9.17) is 16.1 Å². The van der Waals surface area contributed by atoms with Crippen LogP contribution in [0.3, 0.4) is 0 Å². The third-order valence-electron chi connectivity index (χ3n) is 3.58. The second-order valence-electron chi connectivity index (χ2n) is 5.10. The molecular formula is C15H16ClN3O2. The number of nitrogens with one attached hydrogen (secondary N) is 1. The van der Waals surface area contributed by atoms with Crippen molar-refractivity contribution < 1.29 is 9.32 Å². The molecule has 1 aliphatic rings. The number of hydrogen-bond acceptors (Lipinski definition) is 4. The van der Waals surface area contributed by atoms with Gasteiger partial charge in [0.2, 0.25) is 0 Å². The molecular weight excluding hydrogens is 290 g/mol. The molecule has 5 nitrogen and oxygen atoms in total. The molecule has 1 N–H and O–H groups in total. The van der Waals surface area contributed by atoms with E-state index in [-0.39, 0.29) is 11.9 Å². The smallest absolute Gasteiger partial charge is 0.276 e. The number of amides is 1. The Morgan fingerprint density at radius 3 is 3.05 bits per heavy atom. The zero-order chi connectivity index (χ0) is 14.8. The first-order chi connectivity index (χ1) is 10.1. The summed E-state index contributed by atoms with van der Waals surface area (Å²) in [5.74, 6) is 0.520. The van der Waals surface area contributed by atoms with Gasteiger partial charge < -0.3 is 14.7 Å². The van der Waals surface area contributed by atoms with Crippen molar-refractivity contribution in [2.45, 2.75) is 13.0 Å². The van der Waals surface area contributed by atoms with Gasteiger partial charge in [-0.1, -0.05) is 28.9 Å². The maximum Gasteiger partial charge on any atom is 0.276 e. The summed E-state index contributed by atoms with van der Waals surface area (Å²) in [6.07, 6.45) is 0. The van der Waals surface area contributed by atoms with Gasteiger partial charge >= 0.3 is 0 Å². The summed E-state index contributed by atoms with van der Waals surface area (Å²) >= 11 is 6.06. The van der Waals surface area contributed by atoms with Crippen molar-refractivity contribution in [1.82, 2.24) is 15.4 Å². The Bertz CT molecular complexity index is 656. The molecule has 0 bridgehead atoms. The van der Waals surface area contributed by atoms with Crippen LogP contribution in [0.2, 0.25) is 5.02 Å². The molecule has 1 aromatic heterocycles. The zero-order valence-corrected chi connectivity index (χ0v) is 12.4. The van der Waals surface area contributed by atoms with Gasteiger partial charge in [0.05, 0.1) is 6.04 Å². The lowest BCUT2D eigenvalue weighted by molar-refractivity contribution is 0.0623. The highest BCUT2D eigenvalue weighted by Crippen LogP contribution is 2.26. The highest BCUT2D eigenvalue weighted by Gasteiger charge is 2.30. The molecule has 21 heavy (non-hydrogen) atoms. The predicted octanol–water partition coefficient (Wildman–Crippen LogP) is 2.42. The molecule has 2 heterocycles. The van der Waals surface area contributed by atoms with Crippen molar-refractivity contribution in [1.29, 1.82) is 0 Å². The molecule has 6 heteroatoms. The Labute approximate surface area is 127 Å². The van der Waals surface area contributed by atoms with Gasteiger partial charge in [0.15, 0.2) is 5.69 Å². The molecule has 0 saturated carbocycles. The Morgan fingerprint density at radius 2 is 2.33 bits per heavy atom. The summed E-state index contributed by atoms with van der Waals surface area (Å²) in [6, 6.07) is 9.22. The number of carbonyl (C=O) groups excluding carboxylic acids is 1. The van der Waals surface area contributed by atoms with Gasteiger partial charge in [-0.3, -0.25) is 4.79 Å². The van der Waals surface area contributed by atoms with Crippen molar-refractivity contribution in [2.24, 2.45) is 0 Å². The number of carbonyl (C=O) groups is 1. The van der Waals surface area contributed by atoms with Crippen LogP contribution in [0.4, 0.5) is 0 Å². The van der Waals surface area contributed by atoms with Crippen LogP contribution >= 0.6 is 11.6 Å². The van der Waals surface area contributed by atoms with Crippen LogP contribution in [0.1, 0.15) is 27.9 Å². The quantitative estimate of drug-likeness (QED) is 0.926. The van der Waals surface area contributed by atoms with Crippen LogP contribution in [0.15, 0.2) is 34.9 Å². The molecule has 1 aliphatic heterocycles. The molecule has 0 aliphatic carbocycles. The summed E-state index contributed by atoms with van der Waals surface area (Å²) in [5, 5.41) is 7.81. The van der Waals surface area contributed by atoms with E-state index in [2.05, 4.69) is 10.5 Å². The van der Waals surface area contributed by atoms with Gasteiger partial charge in [0.25, 0.3) is 5.91 Å². The minimum Gasteiger partial charge on any atom is -0.361 e. The number of rotatable bonds is 2. The first kappa shape index (κ1) is 14.1. The van der Waals surface area contributed by atoms with Gasteiger partial charge in [-0.2, -0.15) is 0 Å². The average Bonchev–Trinajstić information content (AvgIpc) is 2.93. The second-order valence-corrected chi connectivity index (χ2v) is 5.53. The fourth-order valence-electron chi connectivity index (χ4n) is 2.57. The van der Waals surface area contributed by atoms with E-state index >= 15 is 0 Å². The maximum absolute atomic E-state index is 12.6. The van der Waals surface area contributed by atoms with Crippen molar-refractivity contribution in [3.63, 3.8) is 0 Å². The van der Waals surface area contributed by atoms with Crippen molar-refractivity contribution >= 4 is 17.5 Å². The van der Waals surface area contributed by atoms with Crippen LogP contribution in [-0.4, -0.2) is 35.6 Å². The molecule has 1 aromatic carbocycles. The molecule has 3 rings (SSSR count). The molecule has 1 amide bonds. The standard InChI is InChI=1S/C15H16ClN3O2/c1-10-7-13(18-21-10)15(20)19-6-5-17-9-14(19)11-3-2-4-12(16)8-11/h2-4,7-8,14,17H,5-6,9H2,1H3. The van der Waals surface area contributed by atoms with Crippen LogP contribution in [0.5, 0.6) is 0 Å². The molecule has 0 radical (unpaired) electrons. The predicted molar refractivity (Wildman–Crippen MR) is 79.3 cm³/mol. The minimum absolute atomic E-state index is 0.0537. The highest BCUT2D eigenvalue weighted by molar-refractivity contribution is 6.30. The van der Waals surface area contributed by atoms with Crippen molar-refractivity contribution in [3.8, 4) is 0 Å². The van der Waals surface area contributed by atoms with Crippen LogP contribution < -0.4 is 5.32 Å². The third kappa shape index (κ3) is 2.94.